The van der Waals surface area contributed by atoms with E-state index in [9.17, 15) is 17.6 Å². The van der Waals surface area contributed by atoms with Crippen molar-refractivity contribution >= 4 is 11.7 Å². The van der Waals surface area contributed by atoms with Crippen LogP contribution in [0.15, 0.2) is 53.1 Å². The average molecular weight is 352 g/mol. The lowest BCUT2D eigenvalue weighted by molar-refractivity contribution is -0.274. The van der Waals surface area contributed by atoms with E-state index in [4.69, 9.17) is 4.42 Å². The molecule has 0 atom stereocenters. The van der Waals surface area contributed by atoms with Gasteiger partial charge in [-0.05, 0) is 48.9 Å². The third-order valence-corrected chi connectivity index (χ3v) is 3.24. The van der Waals surface area contributed by atoms with E-state index in [1.54, 1.807) is 6.92 Å². The summed E-state index contributed by atoms with van der Waals surface area (Å²) in [6, 6.07) is 9.69. The van der Waals surface area contributed by atoms with Crippen LogP contribution in [-0.4, -0.2) is 11.3 Å². The van der Waals surface area contributed by atoms with Gasteiger partial charge >= 0.3 is 6.36 Å². The van der Waals surface area contributed by atoms with E-state index in [1.165, 1.54) is 48.7 Å². The Bertz CT molecular complexity index is 873. The SMILES string of the molecule is Cc1ccc(OC(F)(F)F)c(Nc2ncc(-c3ccc(F)cc3)o2)c1. The van der Waals surface area contributed by atoms with Gasteiger partial charge < -0.3 is 14.5 Å². The summed E-state index contributed by atoms with van der Waals surface area (Å²) in [5, 5.41) is 2.66. The number of alkyl halides is 3. The number of hydrogen-bond acceptors (Lipinski definition) is 4. The first-order chi connectivity index (χ1) is 11.8. The van der Waals surface area contributed by atoms with Crippen molar-refractivity contribution in [3.63, 3.8) is 0 Å². The van der Waals surface area contributed by atoms with Gasteiger partial charge in [0, 0.05) is 5.56 Å². The molecule has 0 spiro atoms. The number of ether oxygens (including phenoxy) is 1. The van der Waals surface area contributed by atoms with E-state index in [0.29, 0.717) is 11.3 Å². The summed E-state index contributed by atoms with van der Waals surface area (Å²) >= 11 is 0. The van der Waals surface area contributed by atoms with E-state index in [-0.39, 0.29) is 11.7 Å². The van der Waals surface area contributed by atoms with Gasteiger partial charge in [0.05, 0.1) is 11.9 Å². The van der Waals surface area contributed by atoms with E-state index >= 15 is 0 Å². The van der Waals surface area contributed by atoms with Crippen LogP contribution in [0.2, 0.25) is 0 Å². The molecule has 0 saturated heterocycles. The first-order valence-corrected chi connectivity index (χ1v) is 7.15. The molecule has 3 aromatic rings. The number of rotatable bonds is 4. The summed E-state index contributed by atoms with van der Waals surface area (Å²) < 4.78 is 59.9. The minimum absolute atomic E-state index is 0.0167. The average Bonchev–Trinajstić information content (AvgIpc) is 2.98. The Morgan fingerprint density at radius 3 is 2.48 bits per heavy atom. The van der Waals surface area contributed by atoms with Crippen molar-refractivity contribution in [3.8, 4) is 17.1 Å². The molecular weight excluding hydrogens is 340 g/mol. The summed E-state index contributed by atoms with van der Waals surface area (Å²) in [4.78, 5) is 3.97. The third kappa shape index (κ3) is 4.28. The standard InChI is InChI=1S/C17H12F4N2O2/c1-10-2-7-14(25-17(19,20)21)13(8-10)23-16-22-9-15(24-16)11-3-5-12(18)6-4-11/h2-9H,1H3,(H,22,23). The number of nitrogens with zero attached hydrogens (tertiary/aromatic N) is 1. The van der Waals surface area contributed by atoms with Crippen molar-refractivity contribution < 1.29 is 26.7 Å². The number of benzene rings is 2. The maximum Gasteiger partial charge on any atom is 0.573 e. The van der Waals surface area contributed by atoms with E-state index in [1.807, 2.05) is 0 Å². The fourth-order valence-electron chi connectivity index (χ4n) is 2.15. The minimum atomic E-state index is -4.82. The molecule has 0 amide bonds. The maximum absolute atomic E-state index is 12.9. The summed E-state index contributed by atoms with van der Waals surface area (Å²) in [6.07, 6.45) is -3.43. The fraction of sp³-hybridized carbons (Fsp3) is 0.118. The number of aromatic nitrogens is 1. The number of halogens is 4. The molecule has 0 radical (unpaired) electrons. The summed E-state index contributed by atoms with van der Waals surface area (Å²) in [7, 11) is 0. The predicted octanol–water partition coefficient (Wildman–Crippen LogP) is 5.43. The normalized spacial score (nSPS) is 11.4. The van der Waals surface area contributed by atoms with E-state index in [2.05, 4.69) is 15.0 Å². The van der Waals surface area contributed by atoms with Gasteiger partial charge in [-0.25, -0.2) is 9.37 Å². The first-order valence-electron chi connectivity index (χ1n) is 7.15. The molecule has 0 fully saturated rings. The lowest BCUT2D eigenvalue weighted by atomic mass is 10.2. The van der Waals surface area contributed by atoms with Crippen LogP contribution in [0.1, 0.15) is 5.56 Å². The van der Waals surface area contributed by atoms with E-state index < -0.39 is 17.9 Å². The Morgan fingerprint density at radius 1 is 1.08 bits per heavy atom. The van der Waals surface area contributed by atoms with Crippen molar-refractivity contribution in [1.82, 2.24) is 4.98 Å². The van der Waals surface area contributed by atoms with Crippen molar-refractivity contribution in [1.29, 1.82) is 0 Å². The molecule has 1 aromatic heterocycles. The molecule has 130 valence electrons. The molecule has 0 unspecified atom stereocenters. The summed E-state index contributed by atoms with van der Waals surface area (Å²) in [6.45, 7) is 1.72. The van der Waals surface area contributed by atoms with Gasteiger partial charge in [0.2, 0.25) is 0 Å². The molecule has 0 aliphatic rings. The fourth-order valence-corrected chi connectivity index (χ4v) is 2.15. The highest BCUT2D eigenvalue weighted by Crippen LogP contribution is 2.33. The lowest BCUT2D eigenvalue weighted by Gasteiger charge is -2.13. The zero-order valence-corrected chi connectivity index (χ0v) is 12.9. The van der Waals surface area contributed by atoms with Gasteiger partial charge in [0.25, 0.3) is 6.01 Å². The van der Waals surface area contributed by atoms with Crippen LogP contribution in [0.25, 0.3) is 11.3 Å². The van der Waals surface area contributed by atoms with Crippen LogP contribution in [0.5, 0.6) is 5.75 Å². The molecule has 3 rings (SSSR count). The number of oxazole rings is 1. The topological polar surface area (TPSA) is 47.3 Å². The minimum Gasteiger partial charge on any atom is -0.423 e. The second-order valence-electron chi connectivity index (χ2n) is 5.21. The number of nitrogens with one attached hydrogen (secondary N) is 1. The monoisotopic (exact) mass is 352 g/mol. The van der Waals surface area contributed by atoms with Gasteiger partial charge in [-0.1, -0.05) is 6.07 Å². The van der Waals surface area contributed by atoms with Gasteiger partial charge in [0.1, 0.15) is 5.82 Å². The molecule has 0 bridgehead atoms. The molecule has 1 heterocycles. The number of anilines is 2. The van der Waals surface area contributed by atoms with Crippen LogP contribution in [0.3, 0.4) is 0 Å². The smallest absolute Gasteiger partial charge is 0.423 e. The first kappa shape index (κ1) is 16.8. The Labute approximate surface area is 140 Å². The molecule has 2 aromatic carbocycles. The molecule has 4 nitrogen and oxygen atoms in total. The Kier molecular flexibility index (Phi) is 4.35. The highest BCUT2D eigenvalue weighted by atomic mass is 19.4. The third-order valence-electron chi connectivity index (χ3n) is 3.24. The lowest BCUT2D eigenvalue weighted by Crippen LogP contribution is -2.18. The molecule has 0 saturated carbocycles. The molecular formula is C17H12F4N2O2. The van der Waals surface area contributed by atoms with Crippen LogP contribution >= 0.6 is 0 Å². The quantitative estimate of drug-likeness (QED) is 0.636. The molecule has 8 heteroatoms. The molecule has 0 aliphatic heterocycles. The van der Waals surface area contributed by atoms with Crippen molar-refractivity contribution in [2.24, 2.45) is 0 Å². The van der Waals surface area contributed by atoms with Crippen LogP contribution in [0, 0.1) is 12.7 Å². The largest absolute Gasteiger partial charge is 0.573 e. The molecule has 25 heavy (non-hydrogen) atoms. The highest BCUT2D eigenvalue weighted by molar-refractivity contribution is 5.64. The molecule has 0 aliphatic carbocycles. The predicted molar refractivity (Wildman–Crippen MR) is 83.0 cm³/mol. The van der Waals surface area contributed by atoms with Crippen molar-refractivity contribution in [3.05, 3.63) is 60.0 Å². The second-order valence-corrected chi connectivity index (χ2v) is 5.21. The maximum atomic E-state index is 12.9. The Hall–Kier alpha value is -3.03. The Balaban J connectivity index is 1.85. The van der Waals surface area contributed by atoms with Gasteiger partial charge in [0.15, 0.2) is 11.5 Å². The zero-order chi connectivity index (χ0) is 18.0. The van der Waals surface area contributed by atoms with Gasteiger partial charge in [-0.15, -0.1) is 13.2 Å². The van der Waals surface area contributed by atoms with E-state index in [0.717, 1.165) is 5.56 Å². The zero-order valence-electron chi connectivity index (χ0n) is 12.9. The number of aryl methyl sites for hydroxylation is 1. The second kappa shape index (κ2) is 6.46. The highest BCUT2D eigenvalue weighted by Gasteiger charge is 2.32. The van der Waals surface area contributed by atoms with Gasteiger partial charge in [-0.2, -0.15) is 0 Å². The van der Waals surface area contributed by atoms with Crippen LogP contribution < -0.4 is 10.1 Å². The van der Waals surface area contributed by atoms with Crippen LogP contribution in [-0.2, 0) is 0 Å². The summed E-state index contributed by atoms with van der Waals surface area (Å²) in [5.74, 6) is -0.455. The molecule has 1 N–H and O–H groups in total. The van der Waals surface area contributed by atoms with Crippen molar-refractivity contribution in [2.75, 3.05) is 5.32 Å². The van der Waals surface area contributed by atoms with Crippen molar-refractivity contribution in [2.45, 2.75) is 13.3 Å². The Morgan fingerprint density at radius 2 is 1.80 bits per heavy atom. The van der Waals surface area contributed by atoms with Gasteiger partial charge in [-0.3, -0.25) is 0 Å². The number of hydrogen-bond donors (Lipinski definition) is 1. The summed E-state index contributed by atoms with van der Waals surface area (Å²) in [5.41, 5.74) is 1.37. The van der Waals surface area contributed by atoms with Crippen LogP contribution in [0.4, 0.5) is 29.3 Å².